The van der Waals surface area contributed by atoms with Crippen LogP contribution in [0.15, 0.2) is 18.2 Å². The molecule has 1 fully saturated rings. The summed E-state index contributed by atoms with van der Waals surface area (Å²) in [5, 5.41) is 0. The van der Waals surface area contributed by atoms with Crippen molar-refractivity contribution in [3.63, 3.8) is 0 Å². The van der Waals surface area contributed by atoms with Gasteiger partial charge in [0.1, 0.15) is 11.5 Å². The minimum absolute atomic E-state index is 0.0271. The maximum absolute atomic E-state index is 12.9. The number of amides is 1. The van der Waals surface area contributed by atoms with Crippen molar-refractivity contribution in [1.82, 2.24) is 4.90 Å². The van der Waals surface area contributed by atoms with Gasteiger partial charge in [0.2, 0.25) is 0 Å². The van der Waals surface area contributed by atoms with Crippen LogP contribution in [0.5, 0.6) is 11.5 Å². The Balaban J connectivity index is 2.09. The molecule has 0 aromatic heterocycles. The molecule has 6 heteroatoms. The lowest BCUT2D eigenvalue weighted by atomic mass is 9.98. The van der Waals surface area contributed by atoms with Crippen molar-refractivity contribution >= 4 is 17.7 Å². The number of likely N-dealkylation sites (tertiary alicyclic amines) is 1. The van der Waals surface area contributed by atoms with Gasteiger partial charge in [0.15, 0.2) is 0 Å². The molecule has 5 nitrogen and oxygen atoms in total. The second-order valence-electron chi connectivity index (χ2n) is 6.04. The molecule has 1 aromatic carbocycles. The zero-order valence-electron chi connectivity index (χ0n) is 14.6. The van der Waals surface area contributed by atoms with Gasteiger partial charge in [-0.05, 0) is 61.9 Å². The van der Waals surface area contributed by atoms with Crippen LogP contribution >= 0.6 is 11.8 Å². The predicted octanol–water partition coefficient (Wildman–Crippen LogP) is 2.64. The average Bonchev–Trinajstić information content (AvgIpc) is 2.62. The number of rotatable bonds is 8. The van der Waals surface area contributed by atoms with Crippen LogP contribution < -0.4 is 15.2 Å². The van der Waals surface area contributed by atoms with E-state index in [0.29, 0.717) is 30.2 Å². The summed E-state index contributed by atoms with van der Waals surface area (Å²) in [7, 11) is 1.60. The second-order valence-corrected chi connectivity index (χ2v) is 6.95. The molecular weight excluding hydrogens is 324 g/mol. The fraction of sp³-hybridized carbons (Fsp3) is 0.611. The minimum atomic E-state index is 0.0271. The molecule has 0 aliphatic carbocycles. The van der Waals surface area contributed by atoms with Gasteiger partial charge in [0.05, 0.1) is 19.3 Å². The average molecular weight is 353 g/mol. The molecule has 1 aliphatic heterocycles. The number of carbonyl (C=O) groups is 1. The van der Waals surface area contributed by atoms with Gasteiger partial charge >= 0.3 is 0 Å². The van der Waals surface area contributed by atoms with Crippen LogP contribution in [0.4, 0.5) is 0 Å². The molecule has 0 bridgehead atoms. The molecule has 24 heavy (non-hydrogen) atoms. The first kappa shape index (κ1) is 18.9. The van der Waals surface area contributed by atoms with Crippen LogP contribution in [0, 0.1) is 5.92 Å². The lowest BCUT2D eigenvalue weighted by Gasteiger charge is -2.32. The number of nitrogens with zero attached hydrogens (tertiary/aromatic N) is 1. The Morgan fingerprint density at radius 3 is 2.75 bits per heavy atom. The third-order valence-corrected chi connectivity index (χ3v) is 5.13. The van der Waals surface area contributed by atoms with Crippen molar-refractivity contribution in [2.24, 2.45) is 11.7 Å². The Hall–Kier alpha value is -1.40. The van der Waals surface area contributed by atoms with Crippen LogP contribution in [0.25, 0.3) is 0 Å². The van der Waals surface area contributed by atoms with E-state index >= 15 is 0 Å². The van der Waals surface area contributed by atoms with Gasteiger partial charge in [-0.25, -0.2) is 0 Å². The highest BCUT2D eigenvalue weighted by atomic mass is 32.2. The highest BCUT2D eigenvalue weighted by Gasteiger charge is 2.25. The standard InChI is InChI=1S/C18H28N2O3S/c1-22-15-4-5-17(23-11-3-8-19)16(12-15)18(21)20-9-6-14(7-10-20)13-24-2/h4-5,12,14H,3,6-11,13,19H2,1-2H3. The van der Waals surface area contributed by atoms with Crippen LogP contribution in [0.3, 0.4) is 0 Å². The fourth-order valence-corrected chi connectivity index (χ4v) is 3.71. The van der Waals surface area contributed by atoms with E-state index in [2.05, 4.69) is 6.26 Å². The van der Waals surface area contributed by atoms with Gasteiger partial charge in [0.25, 0.3) is 5.91 Å². The van der Waals surface area contributed by atoms with E-state index in [-0.39, 0.29) is 5.91 Å². The molecule has 2 rings (SSSR count). The van der Waals surface area contributed by atoms with E-state index in [1.165, 1.54) is 5.75 Å². The first-order valence-corrected chi connectivity index (χ1v) is 9.88. The quantitative estimate of drug-likeness (QED) is 0.729. The molecule has 1 heterocycles. The molecule has 0 unspecified atom stereocenters. The first-order chi connectivity index (χ1) is 11.7. The van der Waals surface area contributed by atoms with Gasteiger partial charge in [-0.15, -0.1) is 0 Å². The summed E-state index contributed by atoms with van der Waals surface area (Å²) < 4.78 is 11.0. The summed E-state index contributed by atoms with van der Waals surface area (Å²) in [6.45, 7) is 2.70. The van der Waals surface area contributed by atoms with Crippen molar-refractivity contribution in [1.29, 1.82) is 0 Å². The van der Waals surface area contributed by atoms with E-state index in [1.54, 1.807) is 13.2 Å². The Bertz CT molecular complexity index is 531. The smallest absolute Gasteiger partial charge is 0.257 e. The Kier molecular flexibility index (Phi) is 7.72. The number of benzene rings is 1. The van der Waals surface area contributed by atoms with Gasteiger partial charge in [-0.1, -0.05) is 0 Å². The number of methoxy groups -OCH3 is 1. The maximum atomic E-state index is 12.9. The van der Waals surface area contributed by atoms with E-state index in [0.717, 1.165) is 38.3 Å². The van der Waals surface area contributed by atoms with Crippen molar-refractivity contribution < 1.29 is 14.3 Å². The number of nitrogens with two attached hydrogens (primary N) is 1. The van der Waals surface area contributed by atoms with Gasteiger partial charge in [-0.3, -0.25) is 4.79 Å². The molecule has 2 N–H and O–H groups in total. The predicted molar refractivity (Wildman–Crippen MR) is 99.2 cm³/mol. The van der Waals surface area contributed by atoms with Crippen LogP contribution in [-0.2, 0) is 0 Å². The number of hydrogen-bond acceptors (Lipinski definition) is 5. The molecular formula is C18H28N2O3S. The monoisotopic (exact) mass is 352 g/mol. The molecule has 0 radical (unpaired) electrons. The zero-order chi connectivity index (χ0) is 17.4. The minimum Gasteiger partial charge on any atom is -0.497 e. The van der Waals surface area contributed by atoms with Crippen LogP contribution in [-0.4, -0.2) is 56.2 Å². The van der Waals surface area contributed by atoms with Crippen molar-refractivity contribution in [2.45, 2.75) is 19.3 Å². The Labute approximate surface area is 148 Å². The largest absolute Gasteiger partial charge is 0.497 e. The molecule has 1 aliphatic rings. The number of hydrogen-bond donors (Lipinski definition) is 1. The molecule has 0 spiro atoms. The number of piperidine rings is 1. The van der Waals surface area contributed by atoms with Crippen LogP contribution in [0.2, 0.25) is 0 Å². The molecule has 1 saturated heterocycles. The lowest BCUT2D eigenvalue weighted by Crippen LogP contribution is -2.39. The van der Waals surface area contributed by atoms with Crippen molar-refractivity contribution in [3.05, 3.63) is 23.8 Å². The normalized spacial score (nSPS) is 15.4. The third kappa shape index (κ3) is 5.05. The second kappa shape index (κ2) is 9.79. The van der Waals surface area contributed by atoms with E-state index in [9.17, 15) is 4.79 Å². The summed E-state index contributed by atoms with van der Waals surface area (Å²) in [4.78, 5) is 14.9. The van der Waals surface area contributed by atoms with E-state index in [1.807, 2.05) is 28.8 Å². The van der Waals surface area contributed by atoms with Crippen molar-refractivity contribution in [2.75, 3.05) is 45.4 Å². The fourth-order valence-electron chi connectivity index (χ4n) is 2.90. The highest BCUT2D eigenvalue weighted by Crippen LogP contribution is 2.28. The number of ether oxygens (including phenoxy) is 2. The Morgan fingerprint density at radius 2 is 2.12 bits per heavy atom. The molecule has 1 amide bonds. The van der Waals surface area contributed by atoms with Gasteiger partial charge in [0, 0.05) is 13.1 Å². The van der Waals surface area contributed by atoms with Gasteiger partial charge in [-0.2, -0.15) is 11.8 Å². The molecule has 134 valence electrons. The zero-order valence-corrected chi connectivity index (χ0v) is 15.4. The van der Waals surface area contributed by atoms with E-state index in [4.69, 9.17) is 15.2 Å². The maximum Gasteiger partial charge on any atom is 0.257 e. The summed E-state index contributed by atoms with van der Waals surface area (Å²) in [6, 6.07) is 5.40. The summed E-state index contributed by atoms with van der Waals surface area (Å²) in [5.41, 5.74) is 6.09. The summed E-state index contributed by atoms with van der Waals surface area (Å²) in [5.74, 6) is 3.20. The molecule has 0 atom stereocenters. The van der Waals surface area contributed by atoms with E-state index < -0.39 is 0 Å². The topological polar surface area (TPSA) is 64.8 Å². The first-order valence-electron chi connectivity index (χ1n) is 8.48. The molecule has 0 saturated carbocycles. The summed E-state index contributed by atoms with van der Waals surface area (Å²) >= 11 is 1.88. The Morgan fingerprint density at radius 1 is 1.38 bits per heavy atom. The molecule has 1 aromatic rings. The highest BCUT2D eigenvalue weighted by molar-refractivity contribution is 7.98. The summed E-state index contributed by atoms with van der Waals surface area (Å²) in [6.07, 6.45) is 5.04. The SMILES string of the molecule is COc1ccc(OCCCN)c(C(=O)N2CCC(CSC)CC2)c1. The lowest BCUT2D eigenvalue weighted by molar-refractivity contribution is 0.0694. The van der Waals surface area contributed by atoms with Crippen LogP contribution in [0.1, 0.15) is 29.6 Å². The number of thioether (sulfide) groups is 1. The third-order valence-electron chi connectivity index (χ3n) is 4.33. The van der Waals surface area contributed by atoms with Crippen molar-refractivity contribution in [3.8, 4) is 11.5 Å². The number of carbonyl (C=O) groups excluding carboxylic acids is 1. The van der Waals surface area contributed by atoms with Gasteiger partial charge < -0.3 is 20.1 Å².